The SMILES string of the molecule is COc1c(C2(O)CCN(C)C2)cc(O)c2c1C[C@H]1C[C@H]3[C@H](N(C)C)C(=O)C(C(N)=O)=C(O)[C@@]3(O)C(=O)C1=C2O. The van der Waals surface area contributed by atoms with Crippen molar-refractivity contribution < 1.29 is 44.7 Å². The van der Waals surface area contributed by atoms with Gasteiger partial charge in [-0.2, -0.15) is 0 Å². The Morgan fingerprint density at radius 2 is 1.87 bits per heavy atom. The fraction of sp³-hybridized carbons (Fsp3) is 0.519. The van der Waals surface area contributed by atoms with Crippen LogP contribution in [0.3, 0.4) is 0 Å². The van der Waals surface area contributed by atoms with E-state index in [1.807, 2.05) is 11.9 Å². The summed E-state index contributed by atoms with van der Waals surface area (Å²) in [5.41, 5.74) is 0.871. The van der Waals surface area contributed by atoms with E-state index in [4.69, 9.17) is 10.5 Å². The highest BCUT2D eigenvalue weighted by atomic mass is 16.5. The summed E-state index contributed by atoms with van der Waals surface area (Å²) in [6.45, 7) is 0.917. The van der Waals surface area contributed by atoms with Crippen molar-refractivity contribution in [2.75, 3.05) is 41.3 Å². The van der Waals surface area contributed by atoms with Crippen LogP contribution in [0.5, 0.6) is 11.5 Å². The molecule has 39 heavy (non-hydrogen) atoms. The number of primary amides is 1. The molecule has 1 aromatic rings. The Morgan fingerprint density at radius 1 is 1.21 bits per heavy atom. The lowest BCUT2D eigenvalue weighted by Crippen LogP contribution is -2.65. The minimum atomic E-state index is -2.70. The fourth-order valence-corrected chi connectivity index (χ4v) is 7.08. The van der Waals surface area contributed by atoms with E-state index in [9.17, 15) is 39.9 Å². The molecule has 2 fully saturated rings. The number of aliphatic hydroxyl groups excluding tert-OH is 2. The van der Waals surface area contributed by atoms with E-state index in [0.29, 0.717) is 30.6 Å². The number of hydrogen-bond donors (Lipinski definition) is 6. The number of nitrogens with zero attached hydrogens (tertiary/aromatic N) is 2. The molecule has 1 aromatic carbocycles. The van der Waals surface area contributed by atoms with Crippen LogP contribution in [0, 0.1) is 11.8 Å². The quantitative estimate of drug-likeness (QED) is 0.268. The summed E-state index contributed by atoms with van der Waals surface area (Å²) in [6, 6.07) is 0.140. The van der Waals surface area contributed by atoms with Crippen molar-refractivity contribution >= 4 is 23.2 Å². The van der Waals surface area contributed by atoms with Crippen LogP contribution in [-0.2, 0) is 26.4 Å². The molecule has 1 unspecified atom stereocenters. The highest BCUT2D eigenvalue weighted by molar-refractivity contribution is 6.24. The standard InChI is InChI=1S/C27H33N3O9/c1-29(2)19-13-8-11-7-12-17(15(31)9-14(22(12)39-4)26(37)5-6-30(3)10-26)20(32)16(11)23(34)27(13,38)24(35)18(21(19)33)25(28)36/h9,11,13,19,31-32,35,37-38H,5-8,10H2,1-4H3,(H2,28,36)/t11-,13-,19-,26?,27-/m0/s1. The van der Waals surface area contributed by atoms with Gasteiger partial charge in [0.1, 0.15) is 34.2 Å². The normalized spacial score (nSPS) is 32.8. The summed E-state index contributed by atoms with van der Waals surface area (Å²) in [7, 11) is 6.36. The van der Waals surface area contributed by atoms with Crippen LogP contribution in [0.15, 0.2) is 23.0 Å². The Balaban J connectivity index is 1.72. The molecule has 5 rings (SSSR count). The summed E-state index contributed by atoms with van der Waals surface area (Å²) >= 11 is 0. The monoisotopic (exact) mass is 543 g/mol. The molecule has 210 valence electrons. The lowest BCUT2D eigenvalue weighted by molar-refractivity contribution is -0.153. The average molecular weight is 544 g/mol. The zero-order chi connectivity index (χ0) is 28.8. The summed E-state index contributed by atoms with van der Waals surface area (Å²) in [6.07, 6.45) is 0.431. The van der Waals surface area contributed by atoms with Crippen LogP contribution < -0.4 is 10.5 Å². The van der Waals surface area contributed by atoms with E-state index >= 15 is 0 Å². The molecule has 1 aliphatic heterocycles. The van der Waals surface area contributed by atoms with E-state index in [1.54, 1.807) is 14.1 Å². The number of rotatable bonds is 4. The van der Waals surface area contributed by atoms with Crippen LogP contribution in [0.25, 0.3) is 5.76 Å². The van der Waals surface area contributed by atoms with Gasteiger partial charge in [-0.25, -0.2) is 0 Å². The highest BCUT2D eigenvalue weighted by Crippen LogP contribution is 2.55. The van der Waals surface area contributed by atoms with Gasteiger partial charge < -0.3 is 40.9 Å². The number of ether oxygens (including phenoxy) is 1. The number of fused-ring (bicyclic) bond motifs is 3. The van der Waals surface area contributed by atoms with Crippen LogP contribution in [-0.4, -0.2) is 106 Å². The molecular formula is C27H33N3O9. The molecule has 0 aromatic heterocycles. The third-order valence-corrected chi connectivity index (χ3v) is 8.82. The number of phenols is 1. The predicted octanol–water partition coefficient (Wildman–Crippen LogP) is -0.504. The number of nitrogens with two attached hydrogens (primary N) is 1. The number of methoxy groups -OCH3 is 1. The molecule has 1 saturated carbocycles. The van der Waals surface area contributed by atoms with E-state index in [0.717, 1.165) is 0 Å². The van der Waals surface area contributed by atoms with Crippen molar-refractivity contribution in [1.82, 2.24) is 9.80 Å². The number of aliphatic hydroxyl groups is 4. The van der Waals surface area contributed by atoms with Crippen molar-refractivity contribution in [3.8, 4) is 11.5 Å². The summed E-state index contributed by atoms with van der Waals surface area (Å²) < 4.78 is 5.71. The van der Waals surface area contributed by atoms with E-state index < -0.39 is 69.4 Å². The van der Waals surface area contributed by atoms with Gasteiger partial charge in [-0.3, -0.25) is 19.3 Å². The first-order chi connectivity index (χ1) is 18.2. The van der Waals surface area contributed by atoms with Crippen LogP contribution >= 0.6 is 0 Å². The number of benzene rings is 1. The van der Waals surface area contributed by atoms with E-state index in [2.05, 4.69) is 0 Å². The van der Waals surface area contributed by atoms with E-state index in [-0.39, 0.29) is 29.7 Å². The van der Waals surface area contributed by atoms with Crippen LogP contribution in [0.4, 0.5) is 0 Å². The Morgan fingerprint density at radius 3 is 2.41 bits per heavy atom. The van der Waals surface area contributed by atoms with Gasteiger partial charge in [-0.05, 0) is 52.4 Å². The third-order valence-electron chi connectivity index (χ3n) is 8.82. The number of aromatic hydroxyl groups is 1. The zero-order valence-corrected chi connectivity index (χ0v) is 22.2. The summed E-state index contributed by atoms with van der Waals surface area (Å²) in [5, 5.41) is 56.4. The molecule has 0 radical (unpaired) electrons. The Labute approximate surface area is 224 Å². The van der Waals surface area contributed by atoms with Gasteiger partial charge in [0.05, 0.1) is 18.7 Å². The largest absolute Gasteiger partial charge is 0.508 e. The first-order valence-corrected chi connectivity index (χ1v) is 12.7. The molecule has 5 atom stereocenters. The molecule has 12 nitrogen and oxygen atoms in total. The second-order valence-electron chi connectivity index (χ2n) is 11.3. The minimum absolute atomic E-state index is 0.0348. The molecule has 12 heteroatoms. The molecule has 7 N–H and O–H groups in total. The minimum Gasteiger partial charge on any atom is -0.508 e. The third kappa shape index (κ3) is 3.55. The number of likely N-dealkylation sites (tertiary alicyclic amines) is 1. The van der Waals surface area contributed by atoms with Crippen molar-refractivity contribution in [2.24, 2.45) is 17.6 Å². The Hall–Kier alpha value is -3.45. The molecule has 0 bridgehead atoms. The van der Waals surface area contributed by atoms with E-state index in [1.165, 1.54) is 18.1 Å². The Bertz CT molecular complexity index is 1380. The summed E-state index contributed by atoms with van der Waals surface area (Å²) in [4.78, 5) is 42.6. The highest BCUT2D eigenvalue weighted by Gasteiger charge is 2.64. The maximum Gasteiger partial charge on any atom is 0.255 e. The molecule has 1 amide bonds. The summed E-state index contributed by atoms with van der Waals surface area (Å²) in [5.74, 6) is -6.97. The van der Waals surface area contributed by atoms with Crippen molar-refractivity contribution in [1.29, 1.82) is 0 Å². The van der Waals surface area contributed by atoms with Gasteiger partial charge in [0.25, 0.3) is 5.91 Å². The molecule has 4 aliphatic rings. The first kappa shape index (κ1) is 27.1. The van der Waals surface area contributed by atoms with Crippen LogP contribution in [0.2, 0.25) is 0 Å². The number of hydrogen-bond acceptors (Lipinski definition) is 11. The van der Waals surface area contributed by atoms with Crippen molar-refractivity contribution in [2.45, 2.75) is 36.5 Å². The number of Topliss-reactive ketones (excluding diaryl/α,β-unsaturated/α-hetero) is 2. The molecule has 0 spiro atoms. The zero-order valence-electron chi connectivity index (χ0n) is 22.2. The number of phenolic OH excluding ortho intramolecular Hbond substituents is 1. The van der Waals surface area contributed by atoms with Gasteiger partial charge in [0.2, 0.25) is 5.78 Å². The Kier molecular flexibility index (Phi) is 6.11. The lowest BCUT2D eigenvalue weighted by atomic mass is 9.57. The number of amides is 1. The van der Waals surface area contributed by atoms with Gasteiger partial charge >= 0.3 is 0 Å². The maximum atomic E-state index is 13.9. The molecular weight excluding hydrogens is 510 g/mol. The van der Waals surface area contributed by atoms with Crippen molar-refractivity contribution in [3.63, 3.8) is 0 Å². The second kappa shape index (κ2) is 8.78. The topological polar surface area (TPSA) is 194 Å². The average Bonchev–Trinajstić information content (AvgIpc) is 3.20. The van der Waals surface area contributed by atoms with Gasteiger partial charge in [-0.15, -0.1) is 0 Å². The smallest absolute Gasteiger partial charge is 0.255 e. The second-order valence-corrected chi connectivity index (χ2v) is 11.3. The van der Waals surface area contributed by atoms with Gasteiger partial charge in [0.15, 0.2) is 11.4 Å². The first-order valence-electron chi connectivity index (χ1n) is 12.7. The van der Waals surface area contributed by atoms with Gasteiger partial charge in [-0.1, -0.05) is 0 Å². The maximum absolute atomic E-state index is 13.9. The number of ketones is 2. The van der Waals surface area contributed by atoms with Crippen molar-refractivity contribution in [3.05, 3.63) is 39.7 Å². The van der Waals surface area contributed by atoms with Crippen LogP contribution in [0.1, 0.15) is 29.5 Å². The number of likely N-dealkylation sites (N-methyl/N-ethyl adjacent to an activating group) is 2. The molecule has 3 aliphatic carbocycles. The lowest BCUT2D eigenvalue weighted by Gasteiger charge is -2.50. The predicted molar refractivity (Wildman–Crippen MR) is 137 cm³/mol. The van der Waals surface area contributed by atoms with Gasteiger partial charge in [0, 0.05) is 35.7 Å². The number of carbonyl (C=O) groups excluding carboxylic acids is 3. The number of carbonyl (C=O) groups is 3. The molecule has 1 heterocycles. The molecule has 1 saturated heterocycles. The number of β-amino-alcohol motifs (C(OH)–C–C–N with tert-alkyl or cyclic N) is 1. The fourth-order valence-electron chi connectivity index (χ4n) is 7.08.